The number of phenols is 1. The van der Waals surface area contributed by atoms with Gasteiger partial charge in [0, 0.05) is 6.54 Å². The lowest BCUT2D eigenvalue weighted by Gasteiger charge is -2.10. The predicted octanol–water partition coefficient (Wildman–Crippen LogP) is 0.143. The number of carbonyl (C=O) groups is 2. The van der Waals surface area contributed by atoms with Crippen molar-refractivity contribution >= 4 is 40.1 Å². The molecule has 0 radical (unpaired) electrons. The van der Waals surface area contributed by atoms with E-state index in [2.05, 4.69) is 16.2 Å². The van der Waals surface area contributed by atoms with E-state index < -0.39 is 5.91 Å². The molecule has 0 spiro atoms. The van der Waals surface area contributed by atoms with Gasteiger partial charge in [-0.1, -0.05) is 36.1 Å². The van der Waals surface area contributed by atoms with E-state index in [1.165, 1.54) is 23.9 Å². The number of amides is 2. The first kappa shape index (κ1) is 13.8. The van der Waals surface area contributed by atoms with Crippen LogP contribution in [0.2, 0.25) is 0 Å². The molecule has 100 valence electrons. The Hall–Kier alpha value is -1.64. The number of para-hydroxylation sites is 1. The zero-order valence-electron chi connectivity index (χ0n) is 9.67. The van der Waals surface area contributed by atoms with E-state index in [9.17, 15) is 14.7 Å². The van der Waals surface area contributed by atoms with Crippen LogP contribution < -0.4 is 16.2 Å². The first-order valence-corrected chi connectivity index (χ1v) is 6.69. The summed E-state index contributed by atoms with van der Waals surface area (Å²) in [5, 5.41) is 11.6. The van der Waals surface area contributed by atoms with Gasteiger partial charge in [0.2, 0.25) is 5.91 Å². The van der Waals surface area contributed by atoms with Gasteiger partial charge in [0.25, 0.3) is 5.91 Å². The van der Waals surface area contributed by atoms with Gasteiger partial charge in [-0.05, 0) is 12.1 Å². The summed E-state index contributed by atoms with van der Waals surface area (Å²) in [7, 11) is 0. The minimum absolute atomic E-state index is 0.101. The Morgan fingerprint density at radius 1 is 1.47 bits per heavy atom. The van der Waals surface area contributed by atoms with E-state index in [0.717, 1.165) is 0 Å². The molecule has 4 N–H and O–H groups in total. The van der Waals surface area contributed by atoms with Crippen molar-refractivity contribution in [2.24, 2.45) is 0 Å². The molecular weight excluding hydrogens is 286 g/mol. The molecule has 6 nitrogen and oxygen atoms in total. The normalized spacial score (nSPS) is 18.2. The van der Waals surface area contributed by atoms with Gasteiger partial charge in [-0.3, -0.25) is 15.0 Å². The summed E-state index contributed by atoms with van der Waals surface area (Å²) in [4.78, 5) is 23.1. The summed E-state index contributed by atoms with van der Waals surface area (Å²) in [5.74, 6) is -0.751. The van der Waals surface area contributed by atoms with Crippen molar-refractivity contribution < 1.29 is 14.7 Å². The van der Waals surface area contributed by atoms with Crippen LogP contribution in [0.1, 0.15) is 10.4 Å². The molecule has 1 atom stereocenters. The number of thioether (sulfide) groups is 1. The first-order valence-electron chi connectivity index (χ1n) is 5.40. The second-order valence-corrected chi connectivity index (χ2v) is 5.62. The van der Waals surface area contributed by atoms with Crippen molar-refractivity contribution in [1.82, 2.24) is 16.2 Å². The molecule has 1 aliphatic heterocycles. The molecule has 1 unspecified atom stereocenters. The molecular formula is C11H11N3O3S2. The average Bonchev–Trinajstić information content (AvgIpc) is 2.68. The van der Waals surface area contributed by atoms with Crippen LogP contribution in [0, 0.1) is 0 Å². The van der Waals surface area contributed by atoms with Gasteiger partial charge in [-0.2, -0.15) is 0 Å². The Kier molecular flexibility index (Phi) is 4.35. The summed E-state index contributed by atoms with van der Waals surface area (Å²) in [5.41, 5.74) is 5.23. The fourth-order valence-electron chi connectivity index (χ4n) is 1.48. The maximum Gasteiger partial charge on any atom is 0.269 e. The van der Waals surface area contributed by atoms with Gasteiger partial charge in [0.15, 0.2) is 0 Å². The van der Waals surface area contributed by atoms with Crippen molar-refractivity contribution in [2.75, 3.05) is 6.54 Å². The zero-order valence-corrected chi connectivity index (χ0v) is 11.3. The molecule has 0 aromatic heterocycles. The van der Waals surface area contributed by atoms with Crippen LogP contribution in [0.5, 0.6) is 5.75 Å². The molecule has 0 bridgehead atoms. The summed E-state index contributed by atoms with van der Waals surface area (Å²) in [6.07, 6.45) is 0. The van der Waals surface area contributed by atoms with Crippen LogP contribution in [0.4, 0.5) is 0 Å². The highest BCUT2D eigenvalue weighted by Crippen LogP contribution is 2.18. The van der Waals surface area contributed by atoms with Crippen molar-refractivity contribution in [3.63, 3.8) is 0 Å². The van der Waals surface area contributed by atoms with E-state index >= 15 is 0 Å². The second-order valence-electron chi connectivity index (χ2n) is 3.74. The summed E-state index contributed by atoms with van der Waals surface area (Å²) >= 11 is 6.08. The molecule has 8 heteroatoms. The van der Waals surface area contributed by atoms with Gasteiger partial charge in [-0.15, -0.1) is 0 Å². The minimum atomic E-state index is -0.468. The monoisotopic (exact) mass is 297 g/mol. The number of hydrogen-bond donors (Lipinski definition) is 4. The van der Waals surface area contributed by atoms with Crippen LogP contribution in [0.3, 0.4) is 0 Å². The Labute approximate surface area is 118 Å². The molecule has 1 saturated heterocycles. The zero-order chi connectivity index (χ0) is 13.8. The Balaban J connectivity index is 1.83. The fourth-order valence-corrected chi connectivity index (χ4v) is 2.68. The molecule has 0 aliphatic carbocycles. The third kappa shape index (κ3) is 3.43. The minimum Gasteiger partial charge on any atom is -0.507 e. The van der Waals surface area contributed by atoms with Crippen LogP contribution >= 0.6 is 24.0 Å². The van der Waals surface area contributed by atoms with Gasteiger partial charge in [-0.25, -0.2) is 5.43 Å². The summed E-state index contributed by atoms with van der Waals surface area (Å²) in [6.45, 7) is 0.246. The van der Waals surface area contributed by atoms with E-state index in [4.69, 9.17) is 12.2 Å². The van der Waals surface area contributed by atoms with Crippen molar-refractivity contribution in [3.8, 4) is 5.75 Å². The van der Waals surface area contributed by atoms with E-state index in [1.54, 1.807) is 12.1 Å². The van der Waals surface area contributed by atoms with E-state index in [1.807, 2.05) is 0 Å². The average molecular weight is 297 g/mol. The lowest BCUT2D eigenvalue weighted by Crippen LogP contribution is -2.43. The Morgan fingerprint density at radius 2 is 2.21 bits per heavy atom. The molecule has 1 aliphatic rings. The van der Waals surface area contributed by atoms with Crippen LogP contribution in [-0.4, -0.2) is 33.0 Å². The molecule has 0 saturated carbocycles. The smallest absolute Gasteiger partial charge is 0.269 e. The SMILES string of the molecule is O=C(NNCC1SC(=S)NC1=O)c1ccccc1O. The summed E-state index contributed by atoms with van der Waals surface area (Å²) in [6, 6.07) is 6.19. The molecule has 2 rings (SSSR count). The number of rotatable bonds is 4. The molecule has 1 heterocycles. The van der Waals surface area contributed by atoms with Gasteiger partial charge < -0.3 is 10.4 Å². The lowest BCUT2D eigenvalue weighted by molar-refractivity contribution is -0.118. The highest BCUT2D eigenvalue weighted by atomic mass is 32.2. The van der Waals surface area contributed by atoms with Crippen LogP contribution in [0.25, 0.3) is 0 Å². The number of nitrogens with one attached hydrogen (secondary N) is 3. The van der Waals surface area contributed by atoms with Crippen molar-refractivity contribution in [1.29, 1.82) is 0 Å². The number of carbonyl (C=O) groups excluding carboxylic acids is 2. The van der Waals surface area contributed by atoms with Crippen LogP contribution in [0.15, 0.2) is 24.3 Å². The van der Waals surface area contributed by atoms with Gasteiger partial charge in [0.1, 0.15) is 15.3 Å². The largest absolute Gasteiger partial charge is 0.507 e. The Bertz CT molecular complexity index is 536. The van der Waals surface area contributed by atoms with E-state index in [-0.39, 0.29) is 29.0 Å². The van der Waals surface area contributed by atoms with Crippen molar-refractivity contribution in [2.45, 2.75) is 5.25 Å². The highest BCUT2D eigenvalue weighted by Gasteiger charge is 2.28. The lowest BCUT2D eigenvalue weighted by atomic mass is 10.2. The third-order valence-corrected chi connectivity index (χ3v) is 3.78. The summed E-state index contributed by atoms with van der Waals surface area (Å²) < 4.78 is 0.434. The molecule has 2 amide bonds. The molecule has 19 heavy (non-hydrogen) atoms. The first-order chi connectivity index (χ1) is 9.08. The quantitative estimate of drug-likeness (QED) is 0.467. The fraction of sp³-hybridized carbons (Fsp3) is 0.182. The number of aromatic hydroxyl groups is 1. The molecule has 1 aromatic carbocycles. The highest BCUT2D eigenvalue weighted by molar-refractivity contribution is 8.24. The number of benzene rings is 1. The van der Waals surface area contributed by atoms with E-state index in [0.29, 0.717) is 4.32 Å². The van der Waals surface area contributed by atoms with Gasteiger partial charge >= 0.3 is 0 Å². The standard InChI is InChI=1S/C11H11N3O3S2/c15-7-4-2-1-3-6(7)9(16)14-12-5-8-10(17)13-11(18)19-8/h1-4,8,12,15H,5H2,(H,14,16)(H,13,17,18). The number of hydrogen-bond acceptors (Lipinski definition) is 6. The molecule has 1 fully saturated rings. The van der Waals surface area contributed by atoms with Crippen LogP contribution in [-0.2, 0) is 4.79 Å². The topological polar surface area (TPSA) is 90.5 Å². The maximum absolute atomic E-state index is 11.7. The third-order valence-electron chi connectivity index (χ3n) is 2.41. The number of thiocarbonyl (C=S) groups is 1. The maximum atomic E-state index is 11.7. The predicted molar refractivity (Wildman–Crippen MR) is 75.7 cm³/mol. The van der Waals surface area contributed by atoms with Gasteiger partial charge in [0.05, 0.1) is 5.56 Å². The second kappa shape index (κ2) is 6.00. The number of phenolic OH excluding ortho intramolecular Hbond substituents is 1. The molecule has 1 aromatic rings. The Morgan fingerprint density at radius 3 is 2.84 bits per heavy atom. The van der Waals surface area contributed by atoms with Crippen molar-refractivity contribution in [3.05, 3.63) is 29.8 Å². The number of hydrazine groups is 1.